The van der Waals surface area contributed by atoms with Crippen LogP contribution in [-0.4, -0.2) is 42.2 Å². The SMILES string of the molecule is CN(C)c1nc(N=C2CCC3(CC2)C[C@H]3NCc2ccccc2OC(F)(F)F)nc2ccccc12. The van der Waals surface area contributed by atoms with Crippen molar-refractivity contribution in [3.05, 3.63) is 54.1 Å². The second-order valence-electron chi connectivity index (χ2n) is 9.59. The summed E-state index contributed by atoms with van der Waals surface area (Å²) in [5.41, 5.74) is 2.68. The molecular weight excluding hydrogens is 455 g/mol. The van der Waals surface area contributed by atoms with Crippen LogP contribution in [0.25, 0.3) is 10.9 Å². The van der Waals surface area contributed by atoms with Gasteiger partial charge in [0.25, 0.3) is 5.95 Å². The molecule has 2 aliphatic rings. The van der Waals surface area contributed by atoms with Crippen LogP contribution >= 0.6 is 0 Å². The Labute approximate surface area is 202 Å². The van der Waals surface area contributed by atoms with Gasteiger partial charge in [0.2, 0.25) is 0 Å². The zero-order valence-electron chi connectivity index (χ0n) is 19.8. The average molecular weight is 484 g/mol. The number of hydrogen-bond donors (Lipinski definition) is 1. The Hall–Kier alpha value is -3.20. The number of para-hydroxylation sites is 2. The summed E-state index contributed by atoms with van der Waals surface area (Å²) in [5.74, 6) is 1.20. The molecule has 6 nitrogen and oxygen atoms in total. The molecule has 1 atom stereocenters. The van der Waals surface area contributed by atoms with Gasteiger partial charge in [0.05, 0.1) is 5.52 Å². The number of nitrogens with one attached hydrogen (secondary N) is 1. The van der Waals surface area contributed by atoms with E-state index in [1.54, 1.807) is 18.2 Å². The number of hydrogen-bond acceptors (Lipinski definition) is 6. The Balaban J connectivity index is 1.21. The van der Waals surface area contributed by atoms with Crippen LogP contribution in [0.15, 0.2) is 53.5 Å². The number of nitrogens with zero attached hydrogens (tertiary/aromatic N) is 4. The normalized spacial score (nSPS) is 21.9. The Morgan fingerprint density at radius 3 is 2.51 bits per heavy atom. The number of alkyl halides is 3. The molecule has 5 rings (SSSR count). The summed E-state index contributed by atoms with van der Waals surface area (Å²) in [7, 11) is 3.92. The Bertz CT molecular complexity index is 1250. The third-order valence-electron chi connectivity index (χ3n) is 7.00. The largest absolute Gasteiger partial charge is 0.573 e. The molecular formula is C26H28F3N5O. The predicted octanol–water partition coefficient (Wildman–Crippen LogP) is 5.79. The quantitative estimate of drug-likeness (QED) is 0.481. The molecule has 0 unspecified atom stereocenters. The molecule has 2 aromatic carbocycles. The van der Waals surface area contributed by atoms with Crippen LogP contribution in [-0.2, 0) is 6.54 Å². The molecule has 1 N–H and O–H groups in total. The lowest BCUT2D eigenvalue weighted by atomic mass is 9.84. The molecule has 3 aromatic rings. The summed E-state index contributed by atoms with van der Waals surface area (Å²) in [4.78, 5) is 16.1. The highest BCUT2D eigenvalue weighted by atomic mass is 19.4. The van der Waals surface area contributed by atoms with Crippen molar-refractivity contribution in [1.82, 2.24) is 15.3 Å². The fourth-order valence-corrected chi connectivity index (χ4v) is 5.02. The van der Waals surface area contributed by atoms with Gasteiger partial charge in [-0.1, -0.05) is 30.3 Å². The molecule has 1 aromatic heterocycles. The number of halogens is 3. The standard InChI is InChI=1S/C26H28F3N5O/c1-34(2)23-19-8-4-5-9-20(19)32-24(33-23)31-18-11-13-25(14-12-18)15-22(25)30-16-17-7-3-6-10-21(17)35-26(27,28)29/h3-10,22,30H,11-16H2,1-2H3/t22-,25?/m1/s1. The van der Waals surface area contributed by atoms with Crippen LogP contribution in [0.4, 0.5) is 24.9 Å². The monoisotopic (exact) mass is 483 g/mol. The molecule has 0 saturated heterocycles. The number of aromatic nitrogens is 2. The average Bonchev–Trinajstić information content (AvgIpc) is 3.50. The smallest absolute Gasteiger partial charge is 0.405 e. The summed E-state index contributed by atoms with van der Waals surface area (Å²) in [6.07, 6.45) is 0.0768. The number of rotatable bonds is 6. The molecule has 2 fully saturated rings. The molecule has 184 valence electrons. The van der Waals surface area contributed by atoms with Crippen molar-refractivity contribution in [2.24, 2.45) is 10.4 Å². The fourth-order valence-electron chi connectivity index (χ4n) is 5.02. The van der Waals surface area contributed by atoms with Crippen molar-refractivity contribution >= 4 is 28.4 Å². The van der Waals surface area contributed by atoms with Gasteiger partial charge >= 0.3 is 6.36 Å². The topological polar surface area (TPSA) is 62.6 Å². The molecule has 0 amide bonds. The van der Waals surface area contributed by atoms with Gasteiger partial charge in [0.15, 0.2) is 0 Å². The van der Waals surface area contributed by atoms with Gasteiger partial charge in [-0.25, -0.2) is 9.98 Å². The van der Waals surface area contributed by atoms with Crippen LogP contribution in [0.1, 0.15) is 37.7 Å². The molecule has 2 aliphatic carbocycles. The van der Waals surface area contributed by atoms with Crippen LogP contribution < -0.4 is 15.0 Å². The van der Waals surface area contributed by atoms with Gasteiger partial charge in [-0.15, -0.1) is 13.2 Å². The molecule has 9 heteroatoms. The summed E-state index contributed by atoms with van der Waals surface area (Å²) in [6.45, 7) is 0.345. The van der Waals surface area contributed by atoms with E-state index in [2.05, 4.69) is 20.0 Å². The van der Waals surface area contributed by atoms with E-state index < -0.39 is 6.36 Å². The second-order valence-corrected chi connectivity index (χ2v) is 9.59. The minimum Gasteiger partial charge on any atom is -0.405 e. The highest BCUT2D eigenvalue weighted by Gasteiger charge is 2.54. The first kappa shape index (κ1) is 23.5. The van der Waals surface area contributed by atoms with Gasteiger partial charge in [-0.2, -0.15) is 4.98 Å². The van der Waals surface area contributed by atoms with E-state index in [4.69, 9.17) is 4.99 Å². The van der Waals surface area contributed by atoms with Crippen LogP contribution in [0, 0.1) is 5.41 Å². The maximum absolute atomic E-state index is 12.7. The lowest BCUT2D eigenvalue weighted by Gasteiger charge is -2.24. The van der Waals surface area contributed by atoms with Gasteiger partial charge < -0.3 is 15.0 Å². The lowest BCUT2D eigenvalue weighted by Crippen LogP contribution is -2.27. The van der Waals surface area contributed by atoms with Crippen LogP contribution in [0.5, 0.6) is 5.75 Å². The maximum Gasteiger partial charge on any atom is 0.573 e. The zero-order valence-corrected chi connectivity index (χ0v) is 19.8. The van der Waals surface area contributed by atoms with Gasteiger partial charge in [0.1, 0.15) is 11.6 Å². The summed E-state index contributed by atoms with van der Waals surface area (Å²) in [6, 6.07) is 14.5. The van der Waals surface area contributed by atoms with Gasteiger partial charge in [0, 0.05) is 43.3 Å². The molecule has 0 bridgehead atoms. The number of aliphatic imine (C=N–C) groups is 1. The summed E-state index contributed by atoms with van der Waals surface area (Å²) in [5, 5.41) is 4.45. The van der Waals surface area contributed by atoms with Crippen molar-refractivity contribution in [1.29, 1.82) is 0 Å². The van der Waals surface area contributed by atoms with E-state index in [-0.39, 0.29) is 11.2 Å². The van der Waals surface area contributed by atoms with E-state index in [0.29, 0.717) is 24.1 Å². The highest BCUT2D eigenvalue weighted by Crippen LogP contribution is 2.56. The van der Waals surface area contributed by atoms with E-state index in [0.717, 1.165) is 54.5 Å². The number of anilines is 1. The molecule has 1 heterocycles. The van der Waals surface area contributed by atoms with Crippen LogP contribution in [0.2, 0.25) is 0 Å². The van der Waals surface area contributed by atoms with Crippen LogP contribution in [0.3, 0.4) is 0 Å². The number of ether oxygens (including phenoxy) is 1. The molecule has 0 radical (unpaired) electrons. The minimum absolute atomic E-state index is 0.146. The van der Waals surface area contributed by atoms with E-state index >= 15 is 0 Å². The van der Waals surface area contributed by atoms with Crippen molar-refractivity contribution in [2.45, 2.75) is 51.1 Å². The van der Waals surface area contributed by atoms with Gasteiger partial charge in [-0.3, -0.25) is 0 Å². The predicted molar refractivity (Wildman–Crippen MR) is 130 cm³/mol. The van der Waals surface area contributed by atoms with E-state index in [1.807, 2.05) is 43.3 Å². The first-order chi connectivity index (χ1) is 16.7. The number of fused-ring (bicyclic) bond motifs is 1. The summed E-state index contributed by atoms with van der Waals surface area (Å²) < 4.78 is 42.2. The van der Waals surface area contributed by atoms with Crippen molar-refractivity contribution in [3.8, 4) is 5.75 Å². The number of benzene rings is 2. The molecule has 0 aliphatic heterocycles. The van der Waals surface area contributed by atoms with Gasteiger partial charge in [-0.05, 0) is 55.7 Å². The maximum atomic E-state index is 12.7. The fraction of sp³-hybridized carbons (Fsp3) is 0.423. The first-order valence-corrected chi connectivity index (χ1v) is 11.8. The zero-order chi connectivity index (χ0) is 24.6. The van der Waals surface area contributed by atoms with Crippen molar-refractivity contribution < 1.29 is 17.9 Å². The Morgan fingerprint density at radius 2 is 1.77 bits per heavy atom. The van der Waals surface area contributed by atoms with Crippen molar-refractivity contribution in [3.63, 3.8) is 0 Å². The third kappa shape index (κ3) is 5.24. The lowest BCUT2D eigenvalue weighted by molar-refractivity contribution is -0.274. The summed E-state index contributed by atoms with van der Waals surface area (Å²) >= 11 is 0. The highest BCUT2D eigenvalue weighted by molar-refractivity contribution is 5.91. The first-order valence-electron chi connectivity index (χ1n) is 11.8. The minimum atomic E-state index is -4.70. The van der Waals surface area contributed by atoms with E-state index in [1.165, 1.54) is 6.07 Å². The molecule has 35 heavy (non-hydrogen) atoms. The Morgan fingerprint density at radius 1 is 1.06 bits per heavy atom. The molecule has 1 spiro atoms. The Kier molecular flexibility index (Phi) is 6.13. The third-order valence-corrected chi connectivity index (χ3v) is 7.00. The van der Waals surface area contributed by atoms with E-state index in [9.17, 15) is 13.2 Å². The van der Waals surface area contributed by atoms with Crippen molar-refractivity contribution in [2.75, 3.05) is 19.0 Å². The second kappa shape index (κ2) is 9.11. The molecule has 2 saturated carbocycles.